The van der Waals surface area contributed by atoms with Gasteiger partial charge in [0.15, 0.2) is 0 Å². The Hall–Kier alpha value is -0.900. The number of fused-ring (bicyclic) bond motifs is 1. The van der Waals surface area contributed by atoms with E-state index in [9.17, 15) is 5.11 Å². The van der Waals surface area contributed by atoms with Crippen molar-refractivity contribution in [3.63, 3.8) is 0 Å². The fraction of sp³-hybridized carbons (Fsp3) is 0.786. The molecule has 176 valence electrons. The predicted molar refractivity (Wildman–Crippen MR) is 133 cm³/mol. The molecular weight excluding hydrogens is 380 g/mol. The molecule has 3 fully saturated rings. The molecule has 0 heterocycles. The number of aliphatic hydroxyl groups is 1. The van der Waals surface area contributed by atoms with Gasteiger partial charge >= 0.3 is 0 Å². The summed E-state index contributed by atoms with van der Waals surface area (Å²) >= 11 is 0. The molecule has 3 rings (SSSR count). The summed E-state index contributed by atoms with van der Waals surface area (Å²) in [5, 5.41) is 10.2. The van der Waals surface area contributed by atoms with Crippen LogP contribution in [-0.2, 0) is 0 Å². The predicted octanol–water partition coefficient (Wildman–Crippen LogP) is 5.88. The van der Waals surface area contributed by atoms with E-state index >= 15 is 0 Å². The molecule has 3 saturated carbocycles. The fourth-order valence-electron chi connectivity index (χ4n) is 6.89. The highest BCUT2D eigenvalue weighted by Gasteiger charge is 2.51. The Labute approximate surface area is 191 Å². The van der Waals surface area contributed by atoms with Gasteiger partial charge < -0.3 is 16.6 Å². The van der Waals surface area contributed by atoms with E-state index < -0.39 is 6.10 Å². The van der Waals surface area contributed by atoms with Crippen molar-refractivity contribution in [1.29, 1.82) is 0 Å². The number of hydrogen-bond acceptors (Lipinski definition) is 3. The third kappa shape index (κ3) is 5.54. The van der Waals surface area contributed by atoms with Gasteiger partial charge in [-0.2, -0.15) is 0 Å². The van der Waals surface area contributed by atoms with E-state index in [1.165, 1.54) is 44.1 Å². The summed E-state index contributed by atoms with van der Waals surface area (Å²) in [6.07, 6.45) is 14.6. The molecule has 31 heavy (non-hydrogen) atoms. The highest BCUT2D eigenvalue weighted by molar-refractivity contribution is 5.30. The van der Waals surface area contributed by atoms with Gasteiger partial charge in [0.05, 0.1) is 6.10 Å². The van der Waals surface area contributed by atoms with Crippen LogP contribution in [0.1, 0.15) is 92.4 Å². The fourth-order valence-corrected chi connectivity index (χ4v) is 6.89. The van der Waals surface area contributed by atoms with Gasteiger partial charge in [0.2, 0.25) is 0 Å². The van der Waals surface area contributed by atoms with Crippen LogP contribution in [0.15, 0.2) is 35.5 Å². The van der Waals surface area contributed by atoms with Gasteiger partial charge in [0.1, 0.15) is 0 Å². The van der Waals surface area contributed by atoms with Crippen molar-refractivity contribution in [2.45, 2.75) is 110 Å². The van der Waals surface area contributed by atoms with Crippen LogP contribution in [0.3, 0.4) is 0 Å². The van der Waals surface area contributed by atoms with Gasteiger partial charge in [0, 0.05) is 11.6 Å². The van der Waals surface area contributed by atoms with Crippen LogP contribution in [0.5, 0.6) is 0 Å². The van der Waals surface area contributed by atoms with Crippen LogP contribution in [-0.4, -0.2) is 22.8 Å². The third-order valence-corrected chi connectivity index (χ3v) is 9.19. The molecule has 0 spiro atoms. The maximum atomic E-state index is 10.2. The van der Waals surface area contributed by atoms with Crippen molar-refractivity contribution < 1.29 is 5.11 Å². The van der Waals surface area contributed by atoms with E-state index in [1.54, 1.807) is 5.57 Å². The van der Waals surface area contributed by atoms with Crippen LogP contribution >= 0.6 is 0 Å². The molecule has 0 amide bonds. The van der Waals surface area contributed by atoms with E-state index in [0.717, 1.165) is 36.2 Å². The van der Waals surface area contributed by atoms with Crippen molar-refractivity contribution in [2.75, 3.05) is 0 Å². The Kier molecular flexibility index (Phi) is 7.61. The number of allylic oxidation sites excluding steroid dienone is 3. The standard InChI is InChI=1S/C28H48N2O/c1-18(13-15-27(4,5)30)19(2)23-11-12-24-22(8-7-14-28(23,24)6)10-9-21-16-25(29)20(3)26(31)17-21/h9-10,18-19,23-26,31H,3,7-8,11-17,29-30H2,1-2,4-6H3/b21-9+,22-10+/t18-,19-,23?,24?,25-,26-,28-/m1/s1. The van der Waals surface area contributed by atoms with Crippen LogP contribution in [0.25, 0.3) is 0 Å². The average molecular weight is 429 g/mol. The summed E-state index contributed by atoms with van der Waals surface area (Å²) in [6.45, 7) is 15.8. The smallest absolute Gasteiger partial charge is 0.0799 e. The molecule has 0 saturated heterocycles. The summed E-state index contributed by atoms with van der Waals surface area (Å²) in [7, 11) is 0. The van der Waals surface area contributed by atoms with Gasteiger partial charge in [-0.1, -0.05) is 50.6 Å². The quantitative estimate of drug-likeness (QED) is 0.462. The molecule has 0 aliphatic heterocycles. The first-order valence-corrected chi connectivity index (χ1v) is 12.7. The average Bonchev–Trinajstić information content (AvgIpc) is 3.04. The molecule has 0 aromatic rings. The second-order valence-electron chi connectivity index (χ2n) is 12.1. The van der Waals surface area contributed by atoms with Crippen LogP contribution in [0.4, 0.5) is 0 Å². The Morgan fingerprint density at radius 1 is 1.23 bits per heavy atom. The molecule has 3 aliphatic carbocycles. The maximum Gasteiger partial charge on any atom is 0.0799 e. The van der Waals surface area contributed by atoms with Crippen molar-refractivity contribution in [2.24, 2.45) is 40.6 Å². The summed E-state index contributed by atoms with van der Waals surface area (Å²) in [6, 6.07) is -0.110. The molecule has 7 atom stereocenters. The normalized spacial score (nSPS) is 39.0. The zero-order valence-corrected chi connectivity index (χ0v) is 20.8. The number of hydrogen-bond donors (Lipinski definition) is 3. The molecule has 0 bridgehead atoms. The van der Waals surface area contributed by atoms with Gasteiger partial charge in [-0.3, -0.25) is 0 Å². The van der Waals surface area contributed by atoms with Crippen LogP contribution in [0.2, 0.25) is 0 Å². The van der Waals surface area contributed by atoms with E-state index in [0.29, 0.717) is 17.8 Å². The largest absolute Gasteiger partial charge is 0.388 e. The Morgan fingerprint density at radius 3 is 2.58 bits per heavy atom. The van der Waals surface area contributed by atoms with E-state index in [2.05, 4.69) is 53.3 Å². The van der Waals surface area contributed by atoms with Crippen molar-refractivity contribution in [3.8, 4) is 0 Å². The van der Waals surface area contributed by atoms with Crippen molar-refractivity contribution >= 4 is 0 Å². The first kappa shape index (κ1) is 24.7. The molecule has 0 aromatic carbocycles. The summed E-state index contributed by atoms with van der Waals surface area (Å²) in [5.41, 5.74) is 16.5. The van der Waals surface area contributed by atoms with Gasteiger partial charge in [-0.05, 0) is 106 Å². The van der Waals surface area contributed by atoms with Crippen molar-refractivity contribution in [1.82, 2.24) is 0 Å². The lowest BCUT2D eigenvalue weighted by atomic mass is 9.59. The van der Waals surface area contributed by atoms with Crippen LogP contribution < -0.4 is 11.5 Å². The summed E-state index contributed by atoms with van der Waals surface area (Å²) in [4.78, 5) is 0. The lowest BCUT2D eigenvalue weighted by Crippen LogP contribution is -2.38. The van der Waals surface area contributed by atoms with E-state index in [1.807, 2.05) is 0 Å². The van der Waals surface area contributed by atoms with E-state index in [-0.39, 0.29) is 11.6 Å². The zero-order valence-electron chi connectivity index (χ0n) is 20.8. The third-order valence-electron chi connectivity index (χ3n) is 9.19. The van der Waals surface area contributed by atoms with Crippen LogP contribution in [0, 0.1) is 29.1 Å². The topological polar surface area (TPSA) is 72.3 Å². The second-order valence-corrected chi connectivity index (χ2v) is 12.1. The Morgan fingerprint density at radius 2 is 1.94 bits per heavy atom. The molecule has 0 radical (unpaired) electrons. The molecule has 0 aromatic heterocycles. The second kappa shape index (κ2) is 9.53. The first-order chi connectivity index (χ1) is 14.4. The van der Waals surface area contributed by atoms with E-state index in [4.69, 9.17) is 11.5 Å². The lowest BCUT2D eigenvalue weighted by Gasteiger charge is -2.45. The summed E-state index contributed by atoms with van der Waals surface area (Å²) in [5.74, 6) is 2.98. The maximum absolute atomic E-state index is 10.2. The minimum absolute atomic E-state index is 0.0636. The van der Waals surface area contributed by atoms with Gasteiger partial charge in [0.25, 0.3) is 0 Å². The Balaban J connectivity index is 1.71. The Bertz CT molecular complexity index is 699. The summed E-state index contributed by atoms with van der Waals surface area (Å²) < 4.78 is 0. The highest BCUT2D eigenvalue weighted by atomic mass is 16.3. The minimum Gasteiger partial charge on any atom is -0.388 e. The monoisotopic (exact) mass is 428 g/mol. The lowest BCUT2D eigenvalue weighted by molar-refractivity contribution is 0.0725. The molecule has 5 N–H and O–H groups in total. The minimum atomic E-state index is -0.485. The molecule has 3 aliphatic rings. The zero-order chi connectivity index (χ0) is 23.0. The highest BCUT2D eigenvalue weighted by Crippen LogP contribution is 2.60. The van der Waals surface area contributed by atoms with Crippen molar-refractivity contribution in [3.05, 3.63) is 35.5 Å². The van der Waals surface area contributed by atoms with Gasteiger partial charge in [-0.25, -0.2) is 0 Å². The van der Waals surface area contributed by atoms with Gasteiger partial charge in [-0.15, -0.1) is 0 Å². The molecule has 3 heteroatoms. The molecule has 3 nitrogen and oxygen atoms in total. The molecular formula is C28H48N2O. The molecule has 2 unspecified atom stereocenters. The number of rotatable bonds is 6. The first-order valence-electron chi connectivity index (χ1n) is 12.7. The number of nitrogens with two attached hydrogens (primary N) is 2. The number of aliphatic hydroxyl groups excluding tert-OH is 1. The SMILES string of the molecule is C=C1[C@H](N)C/C(=C\C=C2/CCC[C@@]3(C)C2CCC3[C@H](C)[C@H](C)CCC(C)(C)N)C[C@H]1O.